The number of amides is 2. The molecule has 9 heteroatoms. The molecule has 3 heterocycles. The zero-order valence-corrected chi connectivity index (χ0v) is 15.2. The molecule has 2 aromatic rings. The Morgan fingerprint density at radius 1 is 1.38 bits per heavy atom. The minimum atomic E-state index is -0.288. The van der Waals surface area contributed by atoms with Gasteiger partial charge in [-0.25, -0.2) is 4.98 Å². The highest BCUT2D eigenvalue weighted by molar-refractivity contribution is 5.94. The lowest BCUT2D eigenvalue weighted by atomic mass is 10.2. The van der Waals surface area contributed by atoms with E-state index in [1.54, 1.807) is 11.2 Å². The van der Waals surface area contributed by atoms with Gasteiger partial charge in [0.2, 0.25) is 5.76 Å². The van der Waals surface area contributed by atoms with Crippen LogP contribution in [0.15, 0.2) is 16.9 Å². The Morgan fingerprint density at radius 3 is 2.88 bits per heavy atom. The number of methoxy groups -OCH3 is 1. The summed E-state index contributed by atoms with van der Waals surface area (Å²) in [6.45, 7) is 6.16. The van der Waals surface area contributed by atoms with Crippen molar-refractivity contribution >= 4 is 11.8 Å². The molecule has 1 N–H and O–H groups in total. The monoisotopic (exact) mass is 361 g/mol. The lowest BCUT2D eigenvalue weighted by molar-refractivity contribution is 0.0701. The molecule has 1 aliphatic rings. The molecule has 2 aromatic heterocycles. The number of nitrogens with one attached hydrogen (secondary N) is 1. The van der Waals surface area contributed by atoms with Crippen LogP contribution >= 0.6 is 0 Å². The van der Waals surface area contributed by atoms with Gasteiger partial charge < -0.3 is 24.0 Å². The summed E-state index contributed by atoms with van der Waals surface area (Å²) in [5.41, 5.74) is 1.09. The summed E-state index contributed by atoms with van der Waals surface area (Å²) >= 11 is 0. The second-order valence-electron chi connectivity index (χ2n) is 6.65. The third-order valence-corrected chi connectivity index (χ3v) is 4.20. The van der Waals surface area contributed by atoms with Crippen molar-refractivity contribution in [2.45, 2.75) is 33.4 Å². The van der Waals surface area contributed by atoms with Crippen molar-refractivity contribution in [3.8, 4) is 5.88 Å². The SMILES string of the molecule is COc1cc(C(=O)N2CCCn3cnc(C(=O)NCC(C)C)c3C2)on1. The third kappa shape index (κ3) is 3.71. The van der Waals surface area contributed by atoms with Gasteiger partial charge in [-0.15, -0.1) is 0 Å². The molecular weight excluding hydrogens is 338 g/mol. The quantitative estimate of drug-likeness (QED) is 0.861. The average Bonchev–Trinajstić information content (AvgIpc) is 3.21. The molecule has 9 nitrogen and oxygen atoms in total. The largest absolute Gasteiger partial charge is 0.479 e. The number of aryl methyl sites for hydroxylation is 1. The number of rotatable bonds is 5. The van der Waals surface area contributed by atoms with E-state index in [1.165, 1.54) is 13.2 Å². The summed E-state index contributed by atoms with van der Waals surface area (Å²) in [5.74, 6) is 0.203. The van der Waals surface area contributed by atoms with E-state index < -0.39 is 0 Å². The van der Waals surface area contributed by atoms with Crippen molar-refractivity contribution in [2.24, 2.45) is 5.92 Å². The topological polar surface area (TPSA) is 102 Å². The number of carbonyl (C=O) groups excluding carboxylic acids is 2. The Hall–Kier alpha value is -2.84. The maximum Gasteiger partial charge on any atom is 0.292 e. The smallest absolute Gasteiger partial charge is 0.292 e. The van der Waals surface area contributed by atoms with Crippen molar-refractivity contribution in [2.75, 3.05) is 20.2 Å². The highest BCUT2D eigenvalue weighted by Crippen LogP contribution is 2.20. The Bertz CT molecular complexity index is 795. The van der Waals surface area contributed by atoms with Gasteiger partial charge in [0.05, 0.1) is 31.7 Å². The van der Waals surface area contributed by atoms with Crippen LogP contribution < -0.4 is 10.1 Å². The molecular formula is C17H23N5O4. The fourth-order valence-electron chi connectivity index (χ4n) is 2.81. The summed E-state index contributed by atoms with van der Waals surface area (Å²) in [6.07, 6.45) is 2.42. The summed E-state index contributed by atoms with van der Waals surface area (Å²) in [7, 11) is 1.46. The molecule has 0 radical (unpaired) electrons. The zero-order chi connectivity index (χ0) is 18.7. The van der Waals surface area contributed by atoms with E-state index in [1.807, 2.05) is 18.4 Å². The number of hydrogen-bond donors (Lipinski definition) is 1. The van der Waals surface area contributed by atoms with E-state index in [4.69, 9.17) is 9.26 Å². The molecule has 26 heavy (non-hydrogen) atoms. The van der Waals surface area contributed by atoms with Crippen molar-refractivity contribution in [1.82, 2.24) is 24.9 Å². The van der Waals surface area contributed by atoms with E-state index in [-0.39, 0.29) is 30.0 Å². The maximum atomic E-state index is 12.7. The first-order valence-electron chi connectivity index (χ1n) is 8.61. The van der Waals surface area contributed by atoms with Gasteiger partial charge in [-0.3, -0.25) is 9.59 Å². The Morgan fingerprint density at radius 2 is 2.19 bits per heavy atom. The number of aromatic nitrogens is 3. The molecule has 0 saturated heterocycles. The number of imidazole rings is 1. The third-order valence-electron chi connectivity index (χ3n) is 4.20. The van der Waals surface area contributed by atoms with Gasteiger partial charge in [-0.1, -0.05) is 13.8 Å². The van der Waals surface area contributed by atoms with Crippen LogP contribution in [0.2, 0.25) is 0 Å². The summed E-state index contributed by atoms with van der Waals surface area (Å²) < 4.78 is 11.9. The number of carbonyl (C=O) groups is 2. The highest BCUT2D eigenvalue weighted by atomic mass is 16.5. The fraction of sp³-hybridized carbons (Fsp3) is 0.529. The van der Waals surface area contributed by atoms with Crippen LogP contribution in [0.25, 0.3) is 0 Å². The van der Waals surface area contributed by atoms with E-state index in [9.17, 15) is 9.59 Å². The first-order chi connectivity index (χ1) is 12.5. The summed E-state index contributed by atoms with van der Waals surface area (Å²) in [5, 5.41) is 6.55. The van der Waals surface area contributed by atoms with E-state index in [0.29, 0.717) is 31.2 Å². The molecule has 0 unspecified atom stereocenters. The van der Waals surface area contributed by atoms with Crippen LogP contribution in [0, 0.1) is 5.92 Å². The minimum absolute atomic E-state index is 0.112. The molecule has 0 fully saturated rings. The van der Waals surface area contributed by atoms with Crippen LogP contribution in [0.5, 0.6) is 5.88 Å². The van der Waals surface area contributed by atoms with E-state index in [2.05, 4.69) is 15.5 Å². The van der Waals surface area contributed by atoms with Crippen LogP contribution in [-0.4, -0.2) is 51.6 Å². The van der Waals surface area contributed by atoms with Gasteiger partial charge in [-0.05, 0) is 17.5 Å². The second-order valence-corrected chi connectivity index (χ2v) is 6.65. The van der Waals surface area contributed by atoms with E-state index in [0.717, 1.165) is 12.1 Å². The molecule has 3 rings (SSSR count). The highest BCUT2D eigenvalue weighted by Gasteiger charge is 2.27. The molecule has 0 atom stereocenters. The minimum Gasteiger partial charge on any atom is -0.479 e. The first-order valence-corrected chi connectivity index (χ1v) is 8.61. The lowest BCUT2D eigenvalue weighted by Crippen LogP contribution is -2.32. The lowest BCUT2D eigenvalue weighted by Gasteiger charge is -2.18. The van der Waals surface area contributed by atoms with Crippen LogP contribution in [0.3, 0.4) is 0 Å². The van der Waals surface area contributed by atoms with Crippen LogP contribution in [-0.2, 0) is 13.1 Å². The van der Waals surface area contributed by atoms with Gasteiger partial charge in [0.15, 0.2) is 5.69 Å². The predicted octanol–water partition coefficient (Wildman–Crippen LogP) is 1.31. The van der Waals surface area contributed by atoms with Crippen LogP contribution in [0.1, 0.15) is 47.0 Å². The standard InChI is InChI=1S/C17H23N5O4/c1-11(2)8-18-16(23)15-12-9-21(5-4-6-22(12)10-19-15)17(24)13-7-14(25-3)20-26-13/h7,10-11H,4-6,8-9H2,1-3H3,(H,18,23). The van der Waals surface area contributed by atoms with Gasteiger partial charge in [0.25, 0.3) is 17.7 Å². The van der Waals surface area contributed by atoms with Crippen molar-refractivity contribution in [1.29, 1.82) is 0 Å². The summed E-state index contributed by atoms with van der Waals surface area (Å²) in [4.78, 5) is 31.1. The molecule has 0 spiro atoms. The second kappa shape index (κ2) is 7.59. The van der Waals surface area contributed by atoms with Gasteiger partial charge in [0.1, 0.15) is 0 Å². The van der Waals surface area contributed by atoms with Crippen molar-refractivity contribution in [3.63, 3.8) is 0 Å². The molecule has 0 saturated carbocycles. The molecule has 0 aliphatic carbocycles. The number of hydrogen-bond acceptors (Lipinski definition) is 6. The van der Waals surface area contributed by atoms with Gasteiger partial charge in [-0.2, -0.15) is 0 Å². The Kier molecular flexibility index (Phi) is 5.24. The van der Waals surface area contributed by atoms with Gasteiger partial charge >= 0.3 is 0 Å². The molecule has 0 bridgehead atoms. The van der Waals surface area contributed by atoms with Crippen molar-refractivity contribution < 1.29 is 18.8 Å². The predicted molar refractivity (Wildman–Crippen MR) is 91.8 cm³/mol. The maximum absolute atomic E-state index is 12.7. The fourth-order valence-corrected chi connectivity index (χ4v) is 2.81. The Labute approximate surface area is 151 Å². The molecule has 0 aromatic carbocycles. The molecule has 2 amide bonds. The molecule has 1 aliphatic heterocycles. The molecule has 140 valence electrons. The van der Waals surface area contributed by atoms with Gasteiger partial charge in [0, 0.05) is 19.6 Å². The zero-order valence-electron chi connectivity index (χ0n) is 15.2. The first kappa shape index (κ1) is 18.0. The number of ether oxygens (including phenoxy) is 1. The van der Waals surface area contributed by atoms with E-state index >= 15 is 0 Å². The van der Waals surface area contributed by atoms with Crippen LogP contribution in [0.4, 0.5) is 0 Å². The summed E-state index contributed by atoms with van der Waals surface area (Å²) in [6, 6.07) is 1.46. The average molecular weight is 361 g/mol. The van der Waals surface area contributed by atoms with Crippen molar-refractivity contribution in [3.05, 3.63) is 29.5 Å². The number of fused-ring (bicyclic) bond motifs is 1. The number of nitrogens with zero attached hydrogens (tertiary/aromatic N) is 4. The Balaban J connectivity index is 1.79. The normalized spacial score (nSPS) is 14.1.